The van der Waals surface area contributed by atoms with E-state index in [0.29, 0.717) is 12.4 Å². The van der Waals surface area contributed by atoms with E-state index >= 15 is 0 Å². The number of carbonyl (C=O) groups is 2. The second-order valence-corrected chi connectivity index (χ2v) is 8.35. The largest absolute Gasteiger partial charge is 0.469 e. The molecule has 5 rings (SSSR count). The van der Waals surface area contributed by atoms with Crippen LogP contribution in [-0.4, -0.2) is 42.0 Å². The molecule has 0 radical (unpaired) electrons. The van der Waals surface area contributed by atoms with Crippen molar-refractivity contribution in [3.63, 3.8) is 0 Å². The number of fused-ring (bicyclic) bond motifs is 1. The van der Waals surface area contributed by atoms with Crippen LogP contribution in [-0.2, 0) is 26.4 Å². The molecule has 1 atom stereocenters. The zero-order chi connectivity index (χ0) is 24.4. The van der Waals surface area contributed by atoms with Crippen LogP contribution in [0.4, 0.5) is 0 Å². The second kappa shape index (κ2) is 9.45. The Kier molecular flexibility index (Phi) is 6.04. The Morgan fingerprint density at radius 3 is 2.71 bits per heavy atom. The summed E-state index contributed by atoms with van der Waals surface area (Å²) in [5.74, 6) is 0.789. The first kappa shape index (κ1) is 22.4. The van der Waals surface area contributed by atoms with Gasteiger partial charge in [0, 0.05) is 37.2 Å². The maximum atomic E-state index is 12.9. The van der Waals surface area contributed by atoms with Gasteiger partial charge in [-0.2, -0.15) is 0 Å². The molecule has 35 heavy (non-hydrogen) atoms. The molecule has 0 aliphatic heterocycles. The van der Waals surface area contributed by atoms with Gasteiger partial charge in [-0.25, -0.2) is 14.6 Å². The summed E-state index contributed by atoms with van der Waals surface area (Å²) < 4.78 is 7.00. The molecular formula is C24H24N8O3. The summed E-state index contributed by atoms with van der Waals surface area (Å²) in [6.45, 7) is 2.30. The number of carbonyl (C=O) groups excluding carboxylic acids is 2. The van der Waals surface area contributed by atoms with Crippen molar-refractivity contribution in [3.05, 3.63) is 76.8 Å². The standard InChI is InChI=1S/C24H24N8O3/c1-3-17-8-14(12-35-17)11-25-23(33)20-10-21(27-13-26-20)24(34)28-19-7-5-15-9-16(4-6-18(15)19)22-29-30-31-32(22)2/h4,6,8-10,12-13,19H,3,5,7,11H2,1-2H3,(H,25,33)(H,28,34)/t19-/m0/s1. The zero-order valence-corrected chi connectivity index (χ0v) is 19.4. The minimum absolute atomic E-state index is 0.123. The highest BCUT2D eigenvalue weighted by atomic mass is 16.3. The summed E-state index contributed by atoms with van der Waals surface area (Å²) in [6.07, 6.45) is 5.21. The summed E-state index contributed by atoms with van der Waals surface area (Å²) in [4.78, 5) is 33.6. The lowest BCUT2D eigenvalue weighted by atomic mass is 10.0. The summed E-state index contributed by atoms with van der Waals surface area (Å²) >= 11 is 0. The summed E-state index contributed by atoms with van der Waals surface area (Å²) in [7, 11) is 1.79. The monoisotopic (exact) mass is 472 g/mol. The highest BCUT2D eigenvalue weighted by Gasteiger charge is 2.26. The van der Waals surface area contributed by atoms with Gasteiger partial charge >= 0.3 is 0 Å². The van der Waals surface area contributed by atoms with Crippen molar-refractivity contribution < 1.29 is 14.0 Å². The summed E-state index contributed by atoms with van der Waals surface area (Å²) in [5, 5.41) is 17.4. The van der Waals surface area contributed by atoms with Gasteiger partial charge in [-0.3, -0.25) is 9.59 Å². The first-order valence-electron chi connectivity index (χ1n) is 11.3. The van der Waals surface area contributed by atoms with Crippen molar-refractivity contribution in [1.29, 1.82) is 0 Å². The third kappa shape index (κ3) is 4.65. The SMILES string of the molecule is CCc1cc(CNC(=O)c2cc(C(=O)N[C@H]3CCc4cc(-c5nnnn5C)ccc43)ncn2)co1. The van der Waals surface area contributed by atoms with Crippen LogP contribution in [0.3, 0.4) is 0 Å². The van der Waals surface area contributed by atoms with Crippen molar-refractivity contribution in [2.75, 3.05) is 0 Å². The molecule has 0 fully saturated rings. The number of amides is 2. The molecule has 0 saturated heterocycles. The first-order chi connectivity index (χ1) is 17.0. The molecular weight excluding hydrogens is 448 g/mol. The highest BCUT2D eigenvalue weighted by molar-refractivity contribution is 5.97. The Morgan fingerprint density at radius 1 is 1.14 bits per heavy atom. The van der Waals surface area contributed by atoms with Crippen LogP contribution in [0, 0.1) is 0 Å². The van der Waals surface area contributed by atoms with Gasteiger partial charge in [-0.15, -0.1) is 5.10 Å². The van der Waals surface area contributed by atoms with Gasteiger partial charge in [-0.05, 0) is 46.5 Å². The van der Waals surface area contributed by atoms with Crippen LogP contribution in [0.1, 0.15) is 62.8 Å². The number of aryl methyl sites for hydroxylation is 3. The highest BCUT2D eigenvalue weighted by Crippen LogP contribution is 2.33. The molecule has 0 bridgehead atoms. The molecule has 2 N–H and O–H groups in total. The lowest BCUT2D eigenvalue weighted by Crippen LogP contribution is -2.29. The topological polar surface area (TPSA) is 141 Å². The average Bonchev–Trinajstić information content (AvgIpc) is 3.62. The molecule has 0 saturated carbocycles. The molecule has 2 amide bonds. The number of benzene rings is 1. The summed E-state index contributed by atoms with van der Waals surface area (Å²) in [5.41, 5.74) is 4.24. The minimum atomic E-state index is -0.391. The smallest absolute Gasteiger partial charge is 0.270 e. The number of hydrogen-bond donors (Lipinski definition) is 2. The van der Waals surface area contributed by atoms with Crippen LogP contribution in [0.5, 0.6) is 0 Å². The number of aromatic nitrogens is 6. The minimum Gasteiger partial charge on any atom is -0.469 e. The van der Waals surface area contributed by atoms with Gasteiger partial charge in [0.1, 0.15) is 23.5 Å². The van der Waals surface area contributed by atoms with Crippen molar-refractivity contribution >= 4 is 11.8 Å². The summed E-state index contributed by atoms with van der Waals surface area (Å²) in [6, 6.07) is 9.15. The quantitative estimate of drug-likeness (QED) is 0.417. The molecule has 1 aliphatic carbocycles. The molecule has 3 heterocycles. The van der Waals surface area contributed by atoms with Crippen LogP contribution in [0.15, 0.2) is 47.3 Å². The van der Waals surface area contributed by atoms with E-state index in [1.807, 2.05) is 25.1 Å². The first-order valence-corrected chi connectivity index (χ1v) is 11.3. The number of nitrogens with zero attached hydrogens (tertiary/aromatic N) is 6. The van der Waals surface area contributed by atoms with Crippen LogP contribution in [0.25, 0.3) is 11.4 Å². The Morgan fingerprint density at radius 2 is 1.97 bits per heavy atom. The maximum absolute atomic E-state index is 12.9. The third-order valence-electron chi connectivity index (χ3n) is 6.05. The number of furan rings is 1. The maximum Gasteiger partial charge on any atom is 0.270 e. The van der Waals surface area contributed by atoms with Crippen LogP contribution >= 0.6 is 0 Å². The Hall–Kier alpha value is -4.41. The predicted octanol–water partition coefficient (Wildman–Crippen LogP) is 2.17. The second-order valence-electron chi connectivity index (χ2n) is 8.35. The molecule has 0 unspecified atom stereocenters. The molecule has 1 aliphatic rings. The third-order valence-corrected chi connectivity index (χ3v) is 6.05. The molecule has 0 spiro atoms. The van der Waals surface area contributed by atoms with Crippen molar-refractivity contribution in [2.24, 2.45) is 7.05 Å². The fourth-order valence-corrected chi connectivity index (χ4v) is 4.20. The van der Waals surface area contributed by atoms with Gasteiger partial charge in [0.25, 0.3) is 11.8 Å². The van der Waals surface area contributed by atoms with Gasteiger partial charge < -0.3 is 15.1 Å². The molecule has 11 nitrogen and oxygen atoms in total. The Labute approximate surface area is 201 Å². The van der Waals surface area contributed by atoms with Crippen molar-refractivity contribution in [3.8, 4) is 11.4 Å². The lowest BCUT2D eigenvalue weighted by molar-refractivity contribution is 0.0931. The molecule has 1 aromatic carbocycles. The fraction of sp³-hybridized carbons (Fsp3) is 0.292. The molecule has 178 valence electrons. The van der Waals surface area contributed by atoms with Gasteiger partial charge in [0.15, 0.2) is 5.82 Å². The van der Waals surface area contributed by atoms with E-state index in [4.69, 9.17) is 4.42 Å². The lowest BCUT2D eigenvalue weighted by Gasteiger charge is -2.14. The van der Waals surface area contributed by atoms with Crippen LogP contribution < -0.4 is 10.6 Å². The van der Waals surface area contributed by atoms with E-state index in [-0.39, 0.29) is 23.3 Å². The molecule has 4 aromatic rings. The predicted molar refractivity (Wildman–Crippen MR) is 124 cm³/mol. The Bertz CT molecular complexity index is 1390. The van der Waals surface area contributed by atoms with Gasteiger partial charge in [0.2, 0.25) is 0 Å². The van der Waals surface area contributed by atoms with E-state index < -0.39 is 5.91 Å². The molecule has 11 heteroatoms. The fourth-order valence-electron chi connectivity index (χ4n) is 4.20. The van der Waals surface area contributed by atoms with E-state index in [9.17, 15) is 9.59 Å². The van der Waals surface area contributed by atoms with E-state index in [1.54, 1.807) is 18.0 Å². The normalized spacial score (nSPS) is 14.5. The van der Waals surface area contributed by atoms with Crippen LogP contribution in [0.2, 0.25) is 0 Å². The van der Waals surface area contributed by atoms with E-state index in [1.165, 1.54) is 12.4 Å². The van der Waals surface area contributed by atoms with Crippen molar-refractivity contribution in [1.82, 2.24) is 40.8 Å². The number of hydrogen-bond acceptors (Lipinski definition) is 8. The number of rotatable bonds is 7. The van der Waals surface area contributed by atoms with E-state index in [2.05, 4.69) is 42.2 Å². The van der Waals surface area contributed by atoms with E-state index in [0.717, 1.165) is 47.3 Å². The average molecular weight is 473 g/mol. The van der Waals surface area contributed by atoms with Gasteiger partial charge in [0.05, 0.1) is 12.3 Å². The number of tetrazole rings is 1. The van der Waals surface area contributed by atoms with Crippen molar-refractivity contribution in [2.45, 2.75) is 38.8 Å². The number of nitrogens with one attached hydrogen (secondary N) is 2. The molecule has 3 aromatic heterocycles. The van der Waals surface area contributed by atoms with Gasteiger partial charge in [-0.1, -0.05) is 19.1 Å². The Balaban J connectivity index is 1.24. The zero-order valence-electron chi connectivity index (χ0n) is 19.4.